The van der Waals surface area contributed by atoms with Gasteiger partial charge in [-0.1, -0.05) is 0 Å². The summed E-state index contributed by atoms with van der Waals surface area (Å²) in [5.74, 6) is 0.127. The first kappa shape index (κ1) is 13.4. The first-order valence-corrected chi connectivity index (χ1v) is 4.90. The maximum Gasteiger partial charge on any atom is 0.242 e. The van der Waals surface area contributed by atoms with Gasteiger partial charge < -0.3 is 15.1 Å². The number of carbonyl (C=O) groups is 1. The molecule has 0 aromatic carbocycles. The number of nitrogens with one attached hydrogen (secondary N) is 1. The summed E-state index contributed by atoms with van der Waals surface area (Å²) in [4.78, 5) is 15.7. The summed E-state index contributed by atoms with van der Waals surface area (Å²) in [7, 11) is 7.64. The van der Waals surface area contributed by atoms with E-state index in [4.69, 9.17) is 0 Å². The normalized spacial score (nSPS) is 11.9. The van der Waals surface area contributed by atoms with Crippen LogP contribution in [0.1, 0.15) is 13.8 Å². The van der Waals surface area contributed by atoms with Crippen LogP contribution in [0.4, 0.5) is 0 Å². The third-order valence-electron chi connectivity index (χ3n) is 2.39. The predicted molar refractivity (Wildman–Crippen MR) is 59.3 cm³/mol. The third kappa shape index (κ3) is 4.07. The van der Waals surface area contributed by atoms with Gasteiger partial charge in [0.1, 0.15) is 0 Å². The standard InChI is InChI=1S/C10H23N3O/c1-10(2,11-3)9(14)13(6)8-7-12(4)5/h11H,7-8H2,1-6H3. The van der Waals surface area contributed by atoms with Crippen LogP contribution >= 0.6 is 0 Å². The molecule has 0 aliphatic heterocycles. The number of carbonyl (C=O) groups excluding carboxylic acids is 1. The highest BCUT2D eigenvalue weighted by Crippen LogP contribution is 2.05. The minimum Gasteiger partial charge on any atom is -0.343 e. The fourth-order valence-electron chi connectivity index (χ4n) is 1.04. The third-order valence-corrected chi connectivity index (χ3v) is 2.39. The molecule has 4 heteroatoms. The highest BCUT2D eigenvalue weighted by atomic mass is 16.2. The van der Waals surface area contributed by atoms with Gasteiger partial charge in [0.15, 0.2) is 0 Å². The van der Waals surface area contributed by atoms with Gasteiger partial charge in [-0.25, -0.2) is 0 Å². The van der Waals surface area contributed by atoms with E-state index in [1.807, 2.05) is 35.0 Å². The molecule has 0 spiro atoms. The van der Waals surface area contributed by atoms with Crippen LogP contribution in [0, 0.1) is 0 Å². The van der Waals surface area contributed by atoms with Crippen LogP contribution in [-0.2, 0) is 4.79 Å². The Morgan fingerprint density at radius 2 is 1.71 bits per heavy atom. The van der Waals surface area contributed by atoms with Crippen LogP contribution in [-0.4, -0.2) is 62.5 Å². The van der Waals surface area contributed by atoms with Gasteiger partial charge in [-0.05, 0) is 35.0 Å². The quantitative estimate of drug-likeness (QED) is 0.680. The van der Waals surface area contributed by atoms with Crippen LogP contribution in [0.25, 0.3) is 0 Å². The summed E-state index contributed by atoms with van der Waals surface area (Å²) in [5, 5.41) is 3.00. The number of likely N-dealkylation sites (N-methyl/N-ethyl adjacent to an activating group) is 3. The molecule has 0 aromatic rings. The Morgan fingerprint density at radius 1 is 1.21 bits per heavy atom. The van der Waals surface area contributed by atoms with Crippen LogP contribution < -0.4 is 5.32 Å². The Morgan fingerprint density at radius 3 is 2.07 bits per heavy atom. The number of hydrogen-bond donors (Lipinski definition) is 1. The van der Waals surface area contributed by atoms with E-state index in [0.29, 0.717) is 0 Å². The highest BCUT2D eigenvalue weighted by molar-refractivity contribution is 5.85. The Balaban J connectivity index is 4.12. The Bertz CT molecular complexity index is 190. The van der Waals surface area contributed by atoms with Gasteiger partial charge >= 0.3 is 0 Å². The minimum absolute atomic E-state index is 0.127. The average Bonchev–Trinajstić information content (AvgIpc) is 2.12. The molecule has 0 aliphatic carbocycles. The van der Waals surface area contributed by atoms with Gasteiger partial charge in [-0.15, -0.1) is 0 Å². The zero-order valence-corrected chi connectivity index (χ0v) is 10.2. The predicted octanol–water partition coefficient (Wildman–Crippen LogP) is 0.00440. The molecule has 1 N–H and O–H groups in total. The van der Waals surface area contributed by atoms with Gasteiger partial charge in [0, 0.05) is 20.1 Å². The van der Waals surface area contributed by atoms with E-state index in [9.17, 15) is 4.79 Å². The summed E-state index contributed by atoms with van der Waals surface area (Å²) < 4.78 is 0. The monoisotopic (exact) mass is 201 g/mol. The second-order valence-corrected chi connectivity index (χ2v) is 4.40. The molecule has 0 bridgehead atoms. The van der Waals surface area contributed by atoms with Crippen molar-refractivity contribution in [1.82, 2.24) is 15.1 Å². The lowest BCUT2D eigenvalue weighted by Gasteiger charge is -2.29. The summed E-state index contributed by atoms with van der Waals surface area (Å²) in [6, 6.07) is 0. The molecule has 1 amide bonds. The van der Waals surface area contributed by atoms with Gasteiger partial charge in [0.25, 0.3) is 0 Å². The maximum absolute atomic E-state index is 11.9. The number of amides is 1. The largest absolute Gasteiger partial charge is 0.343 e. The molecule has 0 aromatic heterocycles. The average molecular weight is 201 g/mol. The Hall–Kier alpha value is -0.610. The summed E-state index contributed by atoms with van der Waals surface area (Å²) >= 11 is 0. The first-order chi connectivity index (χ1) is 6.31. The molecular formula is C10H23N3O. The highest BCUT2D eigenvalue weighted by Gasteiger charge is 2.27. The Labute approximate surface area is 87.3 Å². The van der Waals surface area contributed by atoms with Gasteiger partial charge in [0.2, 0.25) is 5.91 Å². The van der Waals surface area contributed by atoms with Crippen LogP contribution in [0.5, 0.6) is 0 Å². The molecule has 0 saturated heterocycles. The van der Waals surface area contributed by atoms with Crippen LogP contribution in [0.2, 0.25) is 0 Å². The molecule has 0 fully saturated rings. The van der Waals surface area contributed by atoms with Crippen molar-refractivity contribution in [2.75, 3.05) is 41.3 Å². The second kappa shape index (κ2) is 5.32. The topological polar surface area (TPSA) is 35.6 Å². The van der Waals surface area contributed by atoms with E-state index in [1.54, 1.807) is 11.9 Å². The van der Waals surface area contributed by atoms with Crippen molar-refractivity contribution in [3.8, 4) is 0 Å². The fraction of sp³-hybridized carbons (Fsp3) is 0.900. The molecule has 0 saturated carbocycles. The summed E-state index contributed by atoms with van der Waals surface area (Å²) in [5.41, 5.74) is -0.471. The zero-order valence-electron chi connectivity index (χ0n) is 10.2. The molecule has 0 rings (SSSR count). The summed E-state index contributed by atoms with van der Waals surface area (Å²) in [6.07, 6.45) is 0. The fourth-order valence-corrected chi connectivity index (χ4v) is 1.04. The summed E-state index contributed by atoms with van der Waals surface area (Å²) in [6.45, 7) is 5.43. The van der Waals surface area contributed by atoms with Gasteiger partial charge in [0.05, 0.1) is 5.54 Å². The van der Waals surface area contributed by atoms with Crippen molar-refractivity contribution in [3.05, 3.63) is 0 Å². The number of rotatable bonds is 5. The Kier molecular flexibility index (Phi) is 5.08. The van der Waals surface area contributed by atoms with Crippen molar-refractivity contribution < 1.29 is 4.79 Å². The molecule has 84 valence electrons. The molecular weight excluding hydrogens is 178 g/mol. The molecule has 0 aliphatic rings. The van der Waals surface area contributed by atoms with Crippen molar-refractivity contribution >= 4 is 5.91 Å². The molecule has 0 radical (unpaired) electrons. The first-order valence-electron chi connectivity index (χ1n) is 4.90. The minimum atomic E-state index is -0.471. The maximum atomic E-state index is 11.9. The van der Waals surface area contributed by atoms with Crippen molar-refractivity contribution in [2.45, 2.75) is 19.4 Å². The van der Waals surface area contributed by atoms with Crippen LogP contribution in [0.3, 0.4) is 0 Å². The molecule has 4 nitrogen and oxygen atoms in total. The van der Waals surface area contributed by atoms with E-state index >= 15 is 0 Å². The van der Waals surface area contributed by atoms with Crippen molar-refractivity contribution in [2.24, 2.45) is 0 Å². The smallest absolute Gasteiger partial charge is 0.242 e. The van der Waals surface area contributed by atoms with E-state index in [0.717, 1.165) is 13.1 Å². The SMILES string of the molecule is CNC(C)(C)C(=O)N(C)CCN(C)C. The lowest BCUT2D eigenvalue weighted by atomic mass is 10.0. The lowest BCUT2D eigenvalue weighted by Crippen LogP contribution is -2.52. The van der Waals surface area contributed by atoms with E-state index in [-0.39, 0.29) is 5.91 Å². The van der Waals surface area contributed by atoms with E-state index in [2.05, 4.69) is 10.2 Å². The number of nitrogens with zero attached hydrogens (tertiary/aromatic N) is 2. The lowest BCUT2D eigenvalue weighted by molar-refractivity contribution is -0.135. The molecule has 14 heavy (non-hydrogen) atoms. The molecule has 0 unspecified atom stereocenters. The van der Waals surface area contributed by atoms with E-state index in [1.165, 1.54) is 0 Å². The van der Waals surface area contributed by atoms with Gasteiger partial charge in [-0.3, -0.25) is 4.79 Å². The molecule has 0 heterocycles. The van der Waals surface area contributed by atoms with Crippen molar-refractivity contribution in [3.63, 3.8) is 0 Å². The van der Waals surface area contributed by atoms with Gasteiger partial charge in [-0.2, -0.15) is 0 Å². The zero-order chi connectivity index (χ0) is 11.4. The molecule has 0 atom stereocenters. The van der Waals surface area contributed by atoms with Crippen molar-refractivity contribution in [1.29, 1.82) is 0 Å². The second-order valence-electron chi connectivity index (χ2n) is 4.40. The van der Waals surface area contributed by atoms with Crippen LogP contribution in [0.15, 0.2) is 0 Å². The number of hydrogen-bond acceptors (Lipinski definition) is 3. The van der Waals surface area contributed by atoms with E-state index < -0.39 is 5.54 Å².